The Morgan fingerprint density at radius 1 is 1.19 bits per heavy atom. The predicted molar refractivity (Wildman–Crippen MR) is 142 cm³/mol. The number of aryl methyl sites for hydroxylation is 2. The fourth-order valence-electron chi connectivity index (χ4n) is 5.05. The molecule has 2 amide bonds. The highest BCUT2D eigenvalue weighted by atomic mass is 35.5. The summed E-state index contributed by atoms with van der Waals surface area (Å²) in [4.78, 5) is 28.4. The third-order valence-corrected chi connectivity index (χ3v) is 9.33. The maximum Gasteiger partial charge on any atom is 0.265 e. The van der Waals surface area contributed by atoms with Crippen LogP contribution in [0.4, 0.5) is 11.4 Å². The van der Waals surface area contributed by atoms with Crippen molar-refractivity contribution >= 4 is 44.8 Å². The monoisotopic (exact) mass is 532 g/mol. The van der Waals surface area contributed by atoms with E-state index in [1.807, 2.05) is 0 Å². The van der Waals surface area contributed by atoms with Crippen molar-refractivity contribution in [3.63, 3.8) is 0 Å². The smallest absolute Gasteiger partial charge is 0.265 e. The third kappa shape index (κ3) is 5.53. The number of sulfonamides is 1. The lowest BCUT2D eigenvalue weighted by Gasteiger charge is -2.37. The van der Waals surface area contributed by atoms with Gasteiger partial charge in [0.15, 0.2) is 0 Å². The first kappa shape index (κ1) is 26.4. The molecule has 0 aliphatic carbocycles. The van der Waals surface area contributed by atoms with Crippen molar-refractivity contribution in [2.45, 2.75) is 50.5 Å². The fourth-order valence-corrected chi connectivity index (χ4v) is 7.19. The summed E-state index contributed by atoms with van der Waals surface area (Å²) >= 11 is 6.21. The number of hydrogen-bond donors (Lipinski definition) is 2. The zero-order chi connectivity index (χ0) is 26.0. The Balaban J connectivity index is 1.59. The second kappa shape index (κ2) is 10.8. The number of nitrogens with one attached hydrogen (secondary N) is 2. The Hall–Kier alpha value is -2.62. The molecule has 2 aliphatic heterocycles. The molecule has 0 bridgehead atoms. The summed E-state index contributed by atoms with van der Waals surface area (Å²) in [6.45, 7) is 5.98. The van der Waals surface area contributed by atoms with Gasteiger partial charge < -0.3 is 15.5 Å². The molecule has 1 unspecified atom stereocenters. The Bertz CT molecular complexity index is 1270. The van der Waals surface area contributed by atoms with Gasteiger partial charge in [0.05, 0.1) is 22.7 Å². The molecule has 2 aliphatic rings. The minimum Gasteiger partial charge on any atom is -0.356 e. The van der Waals surface area contributed by atoms with E-state index in [2.05, 4.69) is 22.6 Å². The first-order valence-electron chi connectivity index (χ1n) is 12.2. The molecule has 10 heteroatoms. The molecule has 2 N–H and O–H groups in total. The number of carbonyl (C=O) groups excluding carboxylic acids is 2. The average molecular weight is 533 g/mol. The molecule has 8 nitrogen and oxygen atoms in total. The van der Waals surface area contributed by atoms with E-state index in [-0.39, 0.29) is 17.2 Å². The van der Waals surface area contributed by atoms with Crippen LogP contribution in [-0.2, 0) is 19.6 Å². The summed E-state index contributed by atoms with van der Waals surface area (Å²) in [6, 6.07) is 8.60. The van der Waals surface area contributed by atoms with Gasteiger partial charge in [-0.1, -0.05) is 23.7 Å². The molecule has 1 fully saturated rings. The van der Waals surface area contributed by atoms with Crippen LogP contribution in [0.2, 0.25) is 5.02 Å². The molecule has 0 radical (unpaired) electrons. The molecular formula is C26H33ClN4O4S. The van der Waals surface area contributed by atoms with Crippen LogP contribution in [-0.4, -0.2) is 57.9 Å². The highest BCUT2D eigenvalue weighted by molar-refractivity contribution is 7.93. The summed E-state index contributed by atoms with van der Waals surface area (Å²) in [6.07, 6.45) is 2.84. The standard InChI is InChI=1S/C26H33ClN4O4S/c1-17-14-24(18(2)13-20(17)27)36(34,35)31-22-9-5-4-8-21(22)29-26(33)23(31)15-25(32)28-11-10-19-7-6-12-30(3)16-19/h4-5,8-9,13-14,19,23H,6-7,10-12,15-16H2,1-3H3,(H,28,32)(H,29,33)/t19?,23-/m1/s1. The lowest BCUT2D eigenvalue weighted by Crippen LogP contribution is -2.53. The number of piperidine rings is 1. The first-order valence-corrected chi connectivity index (χ1v) is 14.1. The summed E-state index contributed by atoms with van der Waals surface area (Å²) in [7, 11) is -2.09. The Morgan fingerprint density at radius 2 is 1.94 bits per heavy atom. The summed E-state index contributed by atoms with van der Waals surface area (Å²) < 4.78 is 29.1. The number of carbonyl (C=O) groups is 2. The molecule has 0 spiro atoms. The SMILES string of the molecule is Cc1cc(S(=O)(=O)N2c3ccccc3NC(=O)[C@H]2CC(=O)NCCC2CCCN(C)C2)c(C)cc1Cl. The van der Waals surface area contributed by atoms with Crippen LogP contribution in [0.3, 0.4) is 0 Å². The number of benzene rings is 2. The molecule has 1 saturated heterocycles. The number of fused-ring (bicyclic) bond motifs is 1. The van der Waals surface area contributed by atoms with Crippen molar-refractivity contribution in [1.29, 1.82) is 0 Å². The van der Waals surface area contributed by atoms with E-state index < -0.39 is 22.0 Å². The molecule has 2 atom stereocenters. The number of nitrogens with zero attached hydrogens (tertiary/aromatic N) is 2. The van der Waals surface area contributed by atoms with Crippen LogP contribution in [0.15, 0.2) is 41.3 Å². The summed E-state index contributed by atoms with van der Waals surface area (Å²) in [5, 5.41) is 6.13. The predicted octanol–water partition coefficient (Wildman–Crippen LogP) is 3.71. The average Bonchev–Trinajstić information content (AvgIpc) is 2.81. The second-order valence-corrected chi connectivity index (χ2v) is 12.0. The molecule has 36 heavy (non-hydrogen) atoms. The highest BCUT2D eigenvalue weighted by Gasteiger charge is 2.42. The topological polar surface area (TPSA) is 98.8 Å². The lowest BCUT2D eigenvalue weighted by atomic mass is 9.95. The minimum absolute atomic E-state index is 0.0562. The van der Waals surface area contributed by atoms with Crippen molar-refractivity contribution in [2.24, 2.45) is 5.92 Å². The molecule has 2 heterocycles. The van der Waals surface area contributed by atoms with Gasteiger partial charge in [-0.15, -0.1) is 0 Å². The maximum absolute atomic E-state index is 14.0. The van der Waals surface area contributed by atoms with Crippen molar-refractivity contribution in [3.8, 4) is 0 Å². The lowest BCUT2D eigenvalue weighted by molar-refractivity contribution is -0.125. The quantitative estimate of drug-likeness (QED) is 0.566. The van der Waals surface area contributed by atoms with Gasteiger partial charge >= 0.3 is 0 Å². The van der Waals surface area contributed by atoms with Crippen molar-refractivity contribution in [1.82, 2.24) is 10.2 Å². The van der Waals surface area contributed by atoms with Crippen LogP contribution >= 0.6 is 11.6 Å². The van der Waals surface area contributed by atoms with Crippen molar-refractivity contribution < 1.29 is 18.0 Å². The third-order valence-electron chi connectivity index (χ3n) is 6.95. The maximum atomic E-state index is 14.0. The molecule has 2 aromatic carbocycles. The van der Waals surface area contributed by atoms with Gasteiger partial charge in [0.2, 0.25) is 11.8 Å². The van der Waals surface area contributed by atoms with Crippen LogP contribution in [0.1, 0.15) is 36.8 Å². The van der Waals surface area contributed by atoms with Crippen LogP contribution in [0.5, 0.6) is 0 Å². The highest BCUT2D eigenvalue weighted by Crippen LogP contribution is 2.38. The summed E-state index contributed by atoms with van der Waals surface area (Å²) in [5.74, 6) is -0.380. The Morgan fingerprint density at radius 3 is 2.69 bits per heavy atom. The van der Waals surface area contributed by atoms with Gasteiger partial charge in [0.1, 0.15) is 6.04 Å². The van der Waals surface area contributed by atoms with Crippen molar-refractivity contribution in [3.05, 3.63) is 52.5 Å². The molecule has 2 aromatic rings. The molecule has 194 valence electrons. The molecule has 4 rings (SSSR count). The fraction of sp³-hybridized carbons (Fsp3) is 0.462. The van der Waals surface area contributed by atoms with Crippen LogP contribution in [0.25, 0.3) is 0 Å². The zero-order valence-corrected chi connectivity index (χ0v) is 22.5. The van der Waals surface area contributed by atoms with Gasteiger partial charge in [-0.25, -0.2) is 8.42 Å². The number of anilines is 2. The van der Waals surface area contributed by atoms with Gasteiger partial charge in [0.25, 0.3) is 10.0 Å². The number of rotatable bonds is 7. The first-order chi connectivity index (χ1) is 17.1. The van der Waals surface area contributed by atoms with E-state index in [9.17, 15) is 18.0 Å². The normalized spacial score (nSPS) is 20.6. The van der Waals surface area contributed by atoms with E-state index in [1.54, 1.807) is 44.2 Å². The van der Waals surface area contributed by atoms with Gasteiger partial charge in [-0.3, -0.25) is 13.9 Å². The summed E-state index contributed by atoms with van der Waals surface area (Å²) in [5.41, 5.74) is 1.78. The van der Waals surface area contributed by atoms with Gasteiger partial charge in [-0.05, 0) is 88.0 Å². The zero-order valence-electron chi connectivity index (χ0n) is 20.9. The van der Waals surface area contributed by atoms with Gasteiger partial charge in [-0.2, -0.15) is 0 Å². The number of hydrogen-bond acceptors (Lipinski definition) is 5. The second-order valence-electron chi connectivity index (χ2n) is 9.80. The number of halogens is 1. The minimum atomic E-state index is -4.19. The largest absolute Gasteiger partial charge is 0.356 e. The van der Waals surface area contributed by atoms with E-state index in [0.717, 1.165) is 36.7 Å². The van der Waals surface area contributed by atoms with Crippen molar-refractivity contribution in [2.75, 3.05) is 36.3 Å². The van der Waals surface area contributed by atoms with E-state index in [4.69, 9.17) is 11.6 Å². The molecule has 0 aromatic heterocycles. The van der Waals surface area contributed by atoms with E-state index >= 15 is 0 Å². The van der Waals surface area contributed by atoms with E-state index in [0.29, 0.717) is 40.0 Å². The number of amides is 2. The Labute approximate surface area is 218 Å². The van der Waals surface area contributed by atoms with Crippen LogP contribution in [0, 0.1) is 19.8 Å². The van der Waals surface area contributed by atoms with Gasteiger partial charge in [0, 0.05) is 18.1 Å². The van der Waals surface area contributed by atoms with Crippen LogP contribution < -0.4 is 14.9 Å². The Kier molecular flexibility index (Phi) is 7.92. The van der Waals surface area contributed by atoms with E-state index in [1.165, 1.54) is 6.07 Å². The molecular weight excluding hydrogens is 500 g/mol. The number of likely N-dealkylation sites (tertiary alicyclic amines) is 1. The number of para-hydroxylation sites is 2. The molecule has 0 saturated carbocycles.